The van der Waals surface area contributed by atoms with Gasteiger partial charge in [-0.15, -0.1) is 0 Å². The van der Waals surface area contributed by atoms with Crippen LogP contribution < -0.4 is 15.4 Å². The zero-order chi connectivity index (χ0) is 42.2. The molecule has 1 saturated heterocycles. The average Bonchev–Trinajstić information content (AvgIpc) is 4.08. The molecule has 4 atom stereocenters. The summed E-state index contributed by atoms with van der Waals surface area (Å²) in [5.74, 6) is 2.70. The smallest absolute Gasteiger partial charge is 0.407 e. The molecule has 0 saturated carbocycles. The lowest BCUT2D eigenvalue weighted by Gasteiger charge is -2.29. The Labute approximate surface area is 346 Å². The number of likely N-dealkylation sites (tertiary alicyclic amines) is 1. The molecule has 6 aromatic rings. The number of amides is 3. The predicted octanol–water partition coefficient (Wildman–Crippen LogP) is 6.88. The van der Waals surface area contributed by atoms with Crippen LogP contribution in [0.3, 0.4) is 0 Å². The number of alkyl carbamates (subject to hydrolysis) is 1. The minimum Gasteiger partial charge on any atom is -0.462 e. The van der Waals surface area contributed by atoms with E-state index in [9.17, 15) is 18.8 Å². The molecule has 2 aliphatic rings. The number of aromatic amines is 2. The first-order valence-corrected chi connectivity index (χ1v) is 20.3. The largest absolute Gasteiger partial charge is 0.462 e. The number of alkyl halides is 1. The normalized spacial score (nSPS) is 17.0. The molecule has 0 radical (unpaired) electrons. The topological polar surface area (TPSA) is 176 Å². The number of hydrogen-bond acceptors (Lipinski definition) is 9. The number of aromatic nitrogens is 5. The number of rotatable bonds is 13. The number of nitrogens with one attached hydrogen (secondary N) is 4. The maximum atomic E-state index is 14.4. The highest BCUT2D eigenvalue weighted by atomic mass is 19.1. The van der Waals surface area contributed by atoms with Crippen molar-refractivity contribution in [3.63, 3.8) is 0 Å². The molecule has 6 heterocycles. The zero-order valence-electron chi connectivity index (χ0n) is 34.5. The van der Waals surface area contributed by atoms with Gasteiger partial charge in [-0.1, -0.05) is 26.0 Å². The van der Waals surface area contributed by atoms with Crippen molar-refractivity contribution in [1.29, 1.82) is 0 Å². The molecule has 0 spiro atoms. The third-order valence-corrected chi connectivity index (χ3v) is 11.2. The number of nitrogens with zero attached hydrogens (tertiary/aromatic N) is 5. The first-order chi connectivity index (χ1) is 28.9. The lowest BCUT2D eigenvalue weighted by Crippen LogP contribution is -2.52. The second-order valence-corrected chi connectivity index (χ2v) is 15.9. The number of benzene rings is 2. The first kappa shape index (κ1) is 40.4. The second-order valence-electron chi connectivity index (χ2n) is 15.9. The molecule has 4 aromatic heterocycles. The summed E-state index contributed by atoms with van der Waals surface area (Å²) in [7, 11) is 3.00. The molecule has 2 aliphatic heterocycles. The number of carbonyl (C=O) groups is 3. The summed E-state index contributed by atoms with van der Waals surface area (Å²) < 4.78 is 34.2. The van der Waals surface area contributed by atoms with Crippen molar-refractivity contribution >= 4 is 28.8 Å². The molecular weight excluding hydrogens is 770 g/mol. The van der Waals surface area contributed by atoms with E-state index in [1.54, 1.807) is 27.1 Å². The molecule has 1 fully saturated rings. The number of furan rings is 1. The number of imidazole rings is 2. The summed E-state index contributed by atoms with van der Waals surface area (Å²) in [5.41, 5.74) is 6.09. The summed E-state index contributed by atoms with van der Waals surface area (Å²) >= 11 is 0. The summed E-state index contributed by atoms with van der Waals surface area (Å²) in [6.45, 7) is 7.72. The lowest BCUT2D eigenvalue weighted by atomic mass is 10.0. The van der Waals surface area contributed by atoms with Crippen LogP contribution in [0, 0.1) is 12.8 Å². The van der Waals surface area contributed by atoms with Crippen molar-refractivity contribution < 1.29 is 32.7 Å². The van der Waals surface area contributed by atoms with Gasteiger partial charge >= 0.3 is 6.09 Å². The standard InChI is InChI=1S/C44H50FN9O6/c1-24(2)40(51-44(57)58-6)42(56)52(22-25(3)45)23-38-47-19-31(49-38)27-11-13-33-29(16-27)17-35-30-12-10-28(18-37(30)60-43(54(33)35)36-14-9-26(4)59-36)32-20-48-41(50-32)34-8-7-15-53(34)39(55)21-46-5/h9-14,16-20,24-25,34,40,43,46H,7-8,15,21-23H2,1-6H3,(H,47,49)(H,48,50)(H,51,57). The fourth-order valence-corrected chi connectivity index (χ4v) is 8.26. The quantitative estimate of drug-likeness (QED) is 0.0968. The molecule has 314 valence electrons. The van der Waals surface area contributed by atoms with Crippen molar-refractivity contribution in [2.75, 3.05) is 33.8 Å². The van der Waals surface area contributed by atoms with E-state index >= 15 is 0 Å². The molecule has 4 N–H and O–H groups in total. The number of likely N-dealkylation sites (N-methyl/N-ethyl adjacent to an activating group) is 1. The van der Waals surface area contributed by atoms with Crippen LogP contribution in [0.5, 0.6) is 5.75 Å². The minimum atomic E-state index is -1.31. The van der Waals surface area contributed by atoms with E-state index in [0.29, 0.717) is 23.9 Å². The maximum Gasteiger partial charge on any atom is 0.407 e. The SMILES string of the molecule is CNCC(=O)N1CCCC1c1ncc(-c2ccc3c(c2)OC(c2ccc(C)o2)n2c-3cc3cc(-c4cnc(CN(CC(C)F)C(=O)C(NC(=O)OC)C(C)C)[nH]4)ccc32)[nH]1. The highest BCUT2D eigenvalue weighted by molar-refractivity contribution is 5.92. The fourth-order valence-electron chi connectivity index (χ4n) is 8.26. The number of ether oxygens (including phenoxy) is 2. The van der Waals surface area contributed by atoms with Gasteiger partial charge < -0.3 is 44.3 Å². The van der Waals surface area contributed by atoms with Crippen LogP contribution in [0.25, 0.3) is 44.7 Å². The third-order valence-electron chi connectivity index (χ3n) is 11.2. The molecule has 0 aliphatic carbocycles. The van der Waals surface area contributed by atoms with Crippen LogP contribution in [-0.4, -0.2) is 98.2 Å². The van der Waals surface area contributed by atoms with E-state index in [-0.39, 0.29) is 37.5 Å². The van der Waals surface area contributed by atoms with Crippen molar-refractivity contribution in [3.05, 3.63) is 90.2 Å². The predicted molar refractivity (Wildman–Crippen MR) is 223 cm³/mol. The summed E-state index contributed by atoms with van der Waals surface area (Å²) in [6, 6.07) is 17.2. The van der Waals surface area contributed by atoms with Gasteiger partial charge in [0.15, 0.2) is 5.76 Å². The fraction of sp³-hybridized carbons (Fsp3) is 0.386. The average molecular weight is 820 g/mol. The Balaban J connectivity index is 1.09. The molecular formula is C44H50FN9O6. The Morgan fingerprint density at radius 1 is 1.02 bits per heavy atom. The van der Waals surface area contributed by atoms with Crippen LogP contribution in [0.4, 0.5) is 9.18 Å². The number of methoxy groups -OCH3 is 1. The van der Waals surface area contributed by atoms with E-state index in [2.05, 4.69) is 48.4 Å². The van der Waals surface area contributed by atoms with Crippen molar-refractivity contribution in [2.45, 2.75) is 71.6 Å². The van der Waals surface area contributed by atoms with Gasteiger partial charge in [0.2, 0.25) is 18.0 Å². The van der Waals surface area contributed by atoms with E-state index in [1.807, 2.05) is 54.4 Å². The van der Waals surface area contributed by atoms with Gasteiger partial charge in [0.1, 0.15) is 35.4 Å². The van der Waals surface area contributed by atoms with Gasteiger partial charge in [-0.05, 0) is 82.1 Å². The first-order valence-electron chi connectivity index (χ1n) is 20.3. The number of H-pyrrole nitrogens is 2. The van der Waals surface area contributed by atoms with Gasteiger partial charge in [0.05, 0.1) is 67.8 Å². The Bertz CT molecular complexity index is 2530. The number of hydrogen-bond donors (Lipinski definition) is 4. The van der Waals surface area contributed by atoms with Gasteiger partial charge in [0, 0.05) is 28.6 Å². The second kappa shape index (κ2) is 16.7. The minimum absolute atomic E-state index is 0.0114. The van der Waals surface area contributed by atoms with E-state index in [1.165, 1.54) is 18.9 Å². The highest BCUT2D eigenvalue weighted by Gasteiger charge is 2.34. The number of fused-ring (bicyclic) bond motifs is 5. The summed E-state index contributed by atoms with van der Waals surface area (Å²) in [6.07, 6.45) is 2.65. The van der Waals surface area contributed by atoms with E-state index in [4.69, 9.17) is 18.9 Å². The molecule has 16 heteroatoms. The Morgan fingerprint density at radius 3 is 2.52 bits per heavy atom. The Morgan fingerprint density at radius 2 is 1.78 bits per heavy atom. The van der Waals surface area contributed by atoms with Crippen molar-refractivity contribution in [3.8, 4) is 39.5 Å². The third kappa shape index (κ3) is 7.86. The van der Waals surface area contributed by atoms with Gasteiger partial charge in [0.25, 0.3) is 0 Å². The van der Waals surface area contributed by atoms with Gasteiger partial charge in [-0.2, -0.15) is 0 Å². The van der Waals surface area contributed by atoms with Crippen molar-refractivity contribution in [1.82, 2.24) is 44.9 Å². The Kier molecular flexibility index (Phi) is 11.2. The van der Waals surface area contributed by atoms with Gasteiger partial charge in [-0.25, -0.2) is 19.2 Å². The van der Waals surface area contributed by atoms with Crippen LogP contribution in [0.15, 0.2) is 71.4 Å². The Hall–Kier alpha value is -6.42. The molecule has 4 unspecified atom stereocenters. The number of carbonyl (C=O) groups excluding carboxylic acids is 3. The lowest BCUT2D eigenvalue weighted by molar-refractivity contribution is -0.136. The molecule has 60 heavy (non-hydrogen) atoms. The maximum absolute atomic E-state index is 14.4. The highest BCUT2D eigenvalue weighted by Crippen LogP contribution is 2.46. The summed E-state index contributed by atoms with van der Waals surface area (Å²) in [4.78, 5) is 57.8. The van der Waals surface area contributed by atoms with Crippen LogP contribution >= 0.6 is 0 Å². The zero-order valence-corrected chi connectivity index (χ0v) is 34.5. The number of halogens is 1. The summed E-state index contributed by atoms with van der Waals surface area (Å²) in [5, 5.41) is 6.50. The molecule has 3 amide bonds. The monoisotopic (exact) mass is 819 g/mol. The molecule has 0 bridgehead atoms. The molecule has 8 rings (SSSR count). The molecule has 2 aromatic carbocycles. The van der Waals surface area contributed by atoms with Crippen LogP contribution in [-0.2, 0) is 20.9 Å². The van der Waals surface area contributed by atoms with Gasteiger partial charge in [-0.3, -0.25) is 14.2 Å². The van der Waals surface area contributed by atoms with E-state index < -0.39 is 30.4 Å². The van der Waals surface area contributed by atoms with Crippen LogP contribution in [0.1, 0.15) is 69.1 Å². The molecule has 15 nitrogen and oxygen atoms in total. The van der Waals surface area contributed by atoms with Crippen LogP contribution in [0.2, 0.25) is 0 Å². The van der Waals surface area contributed by atoms with E-state index in [0.717, 1.165) is 69.1 Å². The number of aryl methyl sites for hydroxylation is 1. The van der Waals surface area contributed by atoms with Crippen molar-refractivity contribution in [2.24, 2.45) is 5.92 Å².